The molecule has 8 heteroatoms. The number of rotatable bonds is 7. The molecule has 2 aliphatic heterocycles. The van der Waals surface area contributed by atoms with Crippen LogP contribution in [0.2, 0.25) is 0 Å². The highest BCUT2D eigenvalue weighted by molar-refractivity contribution is 5.75. The number of aromatic nitrogens is 4. The van der Waals surface area contributed by atoms with E-state index >= 15 is 0 Å². The van der Waals surface area contributed by atoms with Crippen LogP contribution in [0.15, 0.2) is 23.0 Å². The van der Waals surface area contributed by atoms with E-state index in [9.17, 15) is 9.59 Å². The number of nitrogens with zero attached hydrogens (tertiary/aromatic N) is 4. The van der Waals surface area contributed by atoms with Crippen LogP contribution in [0.4, 0.5) is 0 Å². The number of fused-ring (bicyclic) bond motifs is 4. The van der Waals surface area contributed by atoms with Gasteiger partial charge >= 0.3 is 0 Å². The number of amides is 1. The Morgan fingerprint density at radius 3 is 2.93 bits per heavy atom. The standard InChI is InChI=1S/C21H30N6O2/c1-3-6-20(28)22-10-17-15-9-14(16-7-5-8-21(29)27(16)17)11-26(12-15)13-19-23-18(4-2)24-25-19/h5,7-8,14-15,17H,3-4,6,9-13H2,1-2H3,(H,22,28)(H,23,24,25)/t14-,15+,17+/m1/s1. The molecule has 1 fully saturated rings. The Morgan fingerprint density at radius 1 is 1.31 bits per heavy atom. The molecule has 2 aromatic heterocycles. The fourth-order valence-corrected chi connectivity index (χ4v) is 4.84. The van der Waals surface area contributed by atoms with Crippen LogP contribution in [0.5, 0.6) is 0 Å². The fraction of sp³-hybridized carbons (Fsp3) is 0.619. The van der Waals surface area contributed by atoms with E-state index in [0.717, 1.165) is 56.2 Å². The van der Waals surface area contributed by atoms with Gasteiger partial charge < -0.3 is 9.88 Å². The number of carbonyl (C=O) groups is 1. The summed E-state index contributed by atoms with van der Waals surface area (Å²) in [5.74, 6) is 2.42. The lowest BCUT2D eigenvalue weighted by molar-refractivity contribution is -0.121. The molecule has 2 N–H and O–H groups in total. The molecule has 0 saturated carbocycles. The van der Waals surface area contributed by atoms with Crippen molar-refractivity contribution >= 4 is 5.91 Å². The lowest BCUT2D eigenvalue weighted by atomic mass is 9.78. The van der Waals surface area contributed by atoms with Crippen molar-refractivity contribution in [1.29, 1.82) is 0 Å². The first kappa shape index (κ1) is 19.8. The maximum absolute atomic E-state index is 12.7. The highest BCUT2D eigenvalue weighted by atomic mass is 16.1. The Bertz CT molecular complexity index is 920. The Hall–Kier alpha value is -2.48. The van der Waals surface area contributed by atoms with Crippen LogP contribution in [-0.4, -0.2) is 50.2 Å². The SMILES string of the molecule is CCCC(=O)NC[C@H]1[C@H]2C[C@H](CN(Cc3nc(CC)n[nH]3)C2)c2cccc(=O)n21. The number of carbonyl (C=O) groups excluding carboxylic acids is 1. The Labute approximate surface area is 170 Å². The van der Waals surface area contributed by atoms with Crippen molar-refractivity contribution in [2.45, 2.75) is 58.0 Å². The molecule has 0 spiro atoms. The van der Waals surface area contributed by atoms with Gasteiger partial charge in [0.2, 0.25) is 5.91 Å². The predicted molar refractivity (Wildman–Crippen MR) is 110 cm³/mol. The third-order valence-electron chi connectivity index (χ3n) is 6.13. The predicted octanol–water partition coefficient (Wildman–Crippen LogP) is 1.61. The second-order valence-corrected chi connectivity index (χ2v) is 8.22. The highest BCUT2D eigenvalue weighted by Gasteiger charge is 2.40. The number of aryl methyl sites for hydroxylation is 1. The van der Waals surface area contributed by atoms with Crippen molar-refractivity contribution in [3.05, 3.63) is 45.9 Å². The van der Waals surface area contributed by atoms with Crippen LogP contribution < -0.4 is 10.9 Å². The Balaban J connectivity index is 1.56. The normalized spacial score (nSPS) is 23.6. The summed E-state index contributed by atoms with van der Waals surface area (Å²) in [5.41, 5.74) is 1.11. The minimum Gasteiger partial charge on any atom is -0.354 e. The van der Waals surface area contributed by atoms with Gasteiger partial charge in [0.25, 0.3) is 5.56 Å². The van der Waals surface area contributed by atoms with Gasteiger partial charge in [-0.2, -0.15) is 5.10 Å². The van der Waals surface area contributed by atoms with Gasteiger partial charge in [0.15, 0.2) is 0 Å². The molecule has 4 heterocycles. The van der Waals surface area contributed by atoms with Crippen LogP contribution in [0, 0.1) is 5.92 Å². The molecule has 8 nitrogen and oxygen atoms in total. The van der Waals surface area contributed by atoms with E-state index in [1.807, 2.05) is 24.5 Å². The van der Waals surface area contributed by atoms with E-state index in [1.165, 1.54) is 0 Å². The molecule has 1 saturated heterocycles. The van der Waals surface area contributed by atoms with Crippen molar-refractivity contribution in [2.75, 3.05) is 19.6 Å². The summed E-state index contributed by atoms with van der Waals surface area (Å²) in [6, 6.07) is 5.53. The Morgan fingerprint density at radius 2 is 2.17 bits per heavy atom. The molecule has 0 aliphatic carbocycles. The fourth-order valence-electron chi connectivity index (χ4n) is 4.84. The second kappa shape index (κ2) is 8.49. The van der Waals surface area contributed by atoms with Crippen LogP contribution in [0.1, 0.15) is 62.4 Å². The summed E-state index contributed by atoms with van der Waals surface area (Å²) >= 11 is 0. The van der Waals surface area contributed by atoms with Gasteiger partial charge in [-0.25, -0.2) is 4.98 Å². The monoisotopic (exact) mass is 398 g/mol. The van der Waals surface area contributed by atoms with Gasteiger partial charge in [-0.05, 0) is 24.8 Å². The number of likely N-dealkylation sites (tertiary alicyclic amines) is 1. The highest BCUT2D eigenvalue weighted by Crippen LogP contribution is 2.41. The molecule has 29 heavy (non-hydrogen) atoms. The van der Waals surface area contributed by atoms with Gasteiger partial charge in [-0.1, -0.05) is 19.9 Å². The van der Waals surface area contributed by atoms with Crippen molar-refractivity contribution in [3.8, 4) is 0 Å². The van der Waals surface area contributed by atoms with Gasteiger partial charge in [-0.15, -0.1) is 0 Å². The zero-order valence-electron chi connectivity index (χ0n) is 17.2. The maximum atomic E-state index is 12.7. The second-order valence-electron chi connectivity index (χ2n) is 8.22. The quantitative estimate of drug-likeness (QED) is 0.739. The molecule has 2 bridgehead atoms. The average molecular weight is 399 g/mol. The van der Waals surface area contributed by atoms with E-state index < -0.39 is 0 Å². The molecule has 4 rings (SSSR count). The molecule has 3 atom stereocenters. The molecule has 2 aromatic rings. The van der Waals surface area contributed by atoms with Crippen LogP contribution in [-0.2, 0) is 17.8 Å². The van der Waals surface area contributed by atoms with Crippen LogP contribution >= 0.6 is 0 Å². The van der Waals surface area contributed by atoms with E-state index in [-0.39, 0.29) is 17.5 Å². The number of piperidine rings is 1. The van der Waals surface area contributed by atoms with Crippen molar-refractivity contribution in [2.24, 2.45) is 5.92 Å². The average Bonchev–Trinajstić information content (AvgIpc) is 3.16. The third kappa shape index (κ3) is 4.12. The van der Waals surface area contributed by atoms with E-state index in [0.29, 0.717) is 24.8 Å². The maximum Gasteiger partial charge on any atom is 0.251 e. The van der Waals surface area contributed by atoms with Gasteiger partial charge in [0, 0.05) is 50.2 Å². The van der Waals surface area contributed by atoms with Crippen LogP contribution in [0.3, 0.4) is 0 Å². The van der Waals surface area contributed by atoms with Crippen molar-refractivity contribution in [3.63, 3.8) is 0 Å². The smallest absolute Gasteiger partial charge is 0.251 e. The number of hydrogen-bond acceptors (Lipinski definition) is 5. The lowest BCUT2D eigenvalue weighted by Gasteiger charge is -2.46. The van der Waals surface area contributed by atoms with Gasteiger partial charge in [0.05, 0.1) is 12.6 Å². The topological polar surface area (TPSA) is 95.9 Å². The Kier molecular flexibility index (Phi) is 5.80. The number of pyridine rings is 1. The number of H-pyrrole nitrogens is 1. The largest absolute Gasteiger partial charge is 0.354 e. The first-order chi connectivity index (χ1) is 14.1. The van der Waals surface area contributed by atoms with E-state index in [4.69, 9.17) is 0 Å². The molecule has 0 aromatic carbocycles. The zero-order chi connectivity index (χ0) is 20.4. The molecule has 156 valence electrons. The van der Waals surface area contributed by atoms with Crippen molar-refractivity contribution < 1.29 is 4.79 Å². The summed E-state index contributed by atoms with van der Waals surface area (Å²) in [6.07, 6.45) is 3.21. The molecule has 0 unspecified atom stereocenters. The third-order valence-corrected chi connectivity index (χ3v) is 6.13. The summed E-state index contributed by atoms with van der Waals surface area (Å²) < 4.78 is 1.94. The number of aromatic amines is 1. The summed E-state index contributed by atoms with van der Waals surface area (Å²) in [7, 11) is 0. The number of nitrogens with one attached hydrogen (secondary N) is 2. The van der Waals surface area contributed by atoms with E-state index in [1.54, 1.807) is 6.07 Å². The van der Waals surface area contributed by atoms with Crippen LogP contribution in [0.25, 0.3) is 0 Å². The first-order valence-electron chi connectivity index (χ1n) is 10.7. The molecular weight excluding hydrogens is 368 g/mol. The molecule has 2 aliphatic rings. The summed E-state index contributed by atoms with van der Waals surface area (Å²) in [4.78, 5) is 31.7. The lowest BCUT2D eigenvalue weighted by Crippen LogP contribution is -2.51. The zero-order valence-corrected chi connectivity index (χ0v) is 17.2. The van der Waals surface area contributed by atoms with Crippen molar-refractivity contribution in [1.82, 2.24) is 30.0 Å². The molecular formula is C21H30N6O2. The van der Waals surface area contributed by atoms with Gasteiger partial charge in [0.1, 0.15) is 11.6 Å². The molecule has 0 radical (unpaired) electrons. The minimum atomic E-state index is -0.0144. The molecule has 1 amide bonds. The van der Waals surface area contributed by atoms with E-state index in [2.05, 4.69) is 31.5 Å². The first-order valence-corrected chi connectivity index (χ1v) is 10.7. The number of hydrogen-bond donors (Lipinski definition) is 2. The summed E-state index contributed by atoms with van der Waals surface area (Å²) in [5, 5.41) is 10.3. The van der Waals surface area contributed by atoms with Gasteiger partial charge in [-0.3, -0.25) is 19.6 Å². The minimum absolute atomic E-state index is 0.0144. The summed E-state index contributed by atoms with van der Waals surface area (Å²) in [6.45, 7) is 7.06.